The first-order valence-corrected chi connectivity index (χ1v) is 20.8. The van der Waals surface area contributed by atoms with Gasteiger partial charge in [0.15, 0.2) is 11.6 Å². The molecule has 3 saturated heterocycles. The van der Waals surface area contributed by atoms with Crippen LogP contribution < -0.4 is 0 Å². The summed E-state index contributed by atoms with van der Waals surface area (Å²) < 4.78 is 34.3. The molecular weight excluding hydrogens is 728 g/mol. The highest BCUT2D eigenvalue weighted by atomic mass is 16.7. The van der Waals surface area contributed by atoms with Crippen LogP contribution in [-0.2, 0) is 47.6 Å². The van der Waals surface area contributed by atoms with Crippen molar-refractivity contribution < 1.29 is 47.6 Å². The zero-order chi connectivity index (χ0) is 40.9. The Kier molecular flexibility index (Phi) is 16.0. The van der Waals surface area contributed by atoms with Gasteiger partial charge >= 0.3 is 11.9 Å². The van der Waals surface area contributed by atoms with Crippen molar-refractivity contribution >= 4 is 23.8 Å². The summed E-state index contributed by atoms with van der Waals surface area (Å²) in [6.07, 6.45) is 14.3. The molecule has 2 amide bonds. The van der Waals surface area contributed by atoms with Crippen LogP contribution >= 0.6 is 0 Å². The third kappa shape index (κ3) is 10.8. The summed E-state index contributed by atoms with van der Waals surface area (Å²) in [6, 6.07) is 0.450. The van der Waals surface area contributed by atoms with Crippen molar-refractivity contribution in [2.75, 3.05) is 26.4 Å². The zero-order valence-electron chi connectivity index (χ0n) is 35.3. The van der Waals surface area contributed by atoms with Crippen molar-refractivity contribution in [1.29, 1.82) is 0 Å². The maximum absolute atomic E-state index is 13.8. The molecule has 0 aromatic carbocycles. The lowest BCUT2D eigenvalue weighted by atomic mass is 9.61. The fourth-order valence-electron chi connectivity index (χ4n) is 9.69. The number of esters is 2. The van der Waals surface area contributed by atoms with Crippen LogP contribution in [0.5, 0.6) is 0 Å². The van der Waals surface area contributed by atoms with Crippen LogP contribution in [0.1, 0.15) is 115 Å². The van der Waals surface area contributed by atoms with Crippen LogP contribution in [0.25, 0.3) is 0 Å². The Balaban J connectivity index is 0.000000248. The van der Waals surface area contributed by atoms with E-state index in [1.54, 1.807) is 24.0 Å². The van der Waals surface area contributed by atoms with Crippen LogP contribution in [0, 0.1) is 23.7 Å². The van der Waals surface area contributed by atoms with Crippen LogP contribution in [0.2, 0.25) is 0 Å². The molecule has 4 fully saturated rings. The lowest BCUT2D eigenvalue weighted by molar-refractivity contribution is -0.177. The average Bonchev–Trinajstić information content (AvgIpc) is 3.84. The number of allylic oxidation sites excluding steroid dienone is 2. The number of cyclic esters (lactones) is 1. The molecule has 0 N–H and O–H groups in total. The van der Waals surface area contributed by atoms with E-state index < -0.39 is 23.6 Å². The van der Waals surface area contributed by atoms with E-state index in [1.807, 2.05) is 39.5 Å². The molecule has 57 heavy (non-hydrogen) atoms. The van der Waals surface area contributed by atoms with Gasteiger partial charge in [0, 0.05) is 67.9 Å². The molecule has 0 aromatic heterocycles. The Morgan fingerprint density at radius 1 is 0.807 bits per heavy atom. The van der Waals surface area contributed by atoms with Gasteiger partial charge in [0.25, 0.3) is 0 Å². The predicted octanol–water partition coefficient (Wildman–Crippen LogP) is 7.07. The number of nitrogens with zero attached hydrogens (tertiary/aromatic N) is 2. The minimum absolute atomic E-state index is 0. The van der Waals surface area contributed by atoms with Gasteiger partial charge < -0.3 is 38.2 Å². The molecule has 6 atom stereocenters. The number of carbonyl (C=O) groups is 4. The number of hydrogen-bond acceptors (Lipinski definition) is 10. The van der Waals surface area contributed by atoms with Crippen molar-refractivity contribution in [2.45, 2.75) is 163 Å². The van der Waals surface area contributed by atoms with Gasteiger partial charge in [-0.25, -0.2) is 4.79 Å². The Bertz CT molecular complexity index is 1530. The number of rotatable bonds is 10. The Hall–Kier alpha value is -3.32. The van der Waals surface area contributed by atoms with E-state index in [2.05, 4.69) is 39.8 Å². The van der Waals surface area contributed by atoms with Crippen LogP contribution in [0.4, 0.5) is 0 Å². The molecule has 0 bridgehead atoms. The average molecular weight is 799 g/mol. The van der Waals surface area contributed by atoms with Crippen molar-refractivity contribution in [3.63, 3.8) is 0 Å². The van der Waals surface area contributed by atoms with E-state index >= 15 is 0 Å². The van der Waals surface area contributed by atoms with Crippen molar-refractivity contribution in [3.8, 4) is 0 Å². The first-order valence-electron chi connectivity index (χ1n) is 20.8. The molecule has 12 nitrogen and oxygen atoms in total. The lowest BCUT2D eigenvalue weighted by Gasteiger charge is -2.47. The maximum Gasteiger partial charge on any atom is 0.331 e. The van der Waals surface area contributed by atoms with Gasteiger partial charge in [-0.2, -0.15) is 0 Å². The molecule has 0 aromatic rings. The van der Waals surface area contributed by atoms with Crippen molar-refractivity contribution in [2.24, 2.45) is 23.7 Å². The van der Waals surface area contributed by atoms with Crippen molar-refractivity contribution in [1.82, 2.24) is 9.80 Å². The zero-order valence-corrected chi connectivity index (χ0v) is 35.3. The largest absolute Gasteiger partial charge is 0.462 e. The first kappa shape index (κ1) is 46.4. The summed E-state index contributed by atoms with van der Waals surface area (Å²) in [5.41, 5.74) is 2.15. The molecule has 0 radical (unpaired) electrons. The number of fused-ring (bicyclic) bond motifs is 2. The predicted molar refractivity (Wildman–Crippen MR) is 217 cm³/mol. The van der Waals surface area contributed by atoms with E-state index in [-0.39, 0.29) is 79.2 Å². The fraction of sp³-hybridized carbons (Fsp3) is 0.733. The van der Waals surface area contributed by atoms with Gasteiger partial charge in [-0.3, -0.25) is 14.4 Å². The molecule has 1 saturated carbocycles. The van der Waals surface area contributed by atoms with E-state index in [0.29, 0.717) is 39.3 Å². The van der Waals surface area contributed by atoms with Crippen LogP contribution in [0.3, 0.4) is 0 Å². The lowest BCUT2D eigenvalue weighted by Crippen LogP contribution is -2.53. The number of amides is 2. The van der Waals surface area contributed by atoms with Gasteiger partial charge in [0.2, 0.25) is 11.8 Å². The normalized spacial score (nSPS) is 27.8. The second-order valence-electron chi connectivity index (χ2n) is 17.2. The van der Waals surface area contributed by atoms with Gasteiger partial charge in [-0.05, 0) is 99.6 Å². The molecule has 3 aliphatic carbocycles. The van der Waals surface area contributed by atoms with Crippen LogP contribution in [0.15, 0.2) is 47.6 Å². The molecule has 1 unspecified atom stereocenters. The minimum atomic E-state index is -0.563. The smallest absolute Gasteiger partial charge is 0.331 e. The highest BCUT2D eigenvalue weighted by Crippen LogP contribution is 2.53. The number of hydrogen-bond donors (Lipinski definition) is 0. The molecule has 6 rings (SSSR count). The summed E-state index contributed by atoms with van der Waals surface area (Å²) in [6.45, 7) is 22.3. The number of carbonyl (C=O) groups excluding carboxylic acids is 4. The second kappa shape index (κ2) is 19.6. The molecule has 3 heterocycles. The molecule has 12 heteroatoms. The van der Waals surface area contributed by atoms with Crippen LogP contribution in [-0.4, -0.2) is 108 Å². The SMILES string of the molecule is C.CC(/C=C\C(=O)N(C(C)C)C(C)C)OC(=O)/C=C/C1=CCCC2(C1)OCCO2.CC(C)N(C(=O)[C@@H]1[C@@H]2[C@@H](C)OC(=O)[C@@H]2C=C2CC3(CC[C@H]21)OCCO3)C(C)C. The molecule has 2 spiro atoms. The first-order chi connectivity index (χ1) is 26.5. The second-order valence-corrected chi connectivity index (χ2v) is 17.2. The van der Waals surface area contributed by atoms with Gasteiger partial charge in [0.1, 0.15) is 12.2 Å². The molecule has 6 aliphatic rings. The van der Waals surface area contributed by atoms with Crippen molar-refractivity contribution in [3.05, 3.63) is 47.6 Å². The molecular formula is C45H70N2O10. The highest BCUT2D eigenvalue weighted by Gasteiger charge is 2.57. The third-order valence-electron chi connectivity index (χ3n) is 11.9. The van der Waals surface area contributed by atoms with E-state index in [0.717, 1.165) is 36.8 Å². The summed E-state index contributed by atoms with van der Waals surface area (Å²) in [5, 5.41) is 0. The van der Waals surface area contributed by atoms with Gasteiger partial charge in [0.05, 0.1) is 38.3 Å². The molecule has 3 aliphatic heterocycles. The summed E-state index contributed by atoms with van der Waals surface area (Å²) >= 11 is 0. The van der Waals surface area contributed by atoms with E-state index in [1.165, 1.54) is 12.2 Å². The summed E-state index contributed by atoms with van der Waals surface area (Å²) in [5.74, 6) is -2.18. The van der Waals surface area contributed by atoms with E-state index in [9.17, 15) is 19.2 Å². The third-order valence-corrected chi connectivity index (χ3v) is 11.9. The Labute approximate surface area is 341 Å². The maximum atomic E-state index is 13.8. The fourth-order valence-corrected chi connectivity index (χ4v) is 9.69. The summed E-state index contributed by atoms with van der Waals surface area (Å²) in [4.78, 5) is 54.5. The quantitative estimate of drug-likeness (QED) is 0.129. The monoisotopic (exact) mass is 799 g/mol. The van der Waals surface area contributed by atoms with Gasteiger partial charge in [-0.1, -0.05) is 31.2 Å². The van der Waals surface area contributed by atoms with Gasteiger partial charge in [-0.15, -0.1) is 0 Å². The summed E-state index contributed by atoms with van der Waals surface area (Å²) in [7, 11) is 0. The minimum Gasteiger partial charge on any atom is -0.462 e. The topological polar surface area (TPSA) is 130 Å². The Morgan fingerprint density at radius 2 is 1.37 bits per heavy atom. The standard InChI is InChI=1S/2C22H33NO5.CH4/c1-12(2)23(13(3)4)20(24)19-16-6-7-22(26-8-9-27-22)11-15(16)10-17-18(19)14(5)28-21(17)25;1-16(2)23(17(3)4)20(24)10-8-18(5)28-21(25)11-9-19-7-6-12-22(15-19)26-13-14-27-22;/h10,12-14,16-19H,6-9,11H2,1-5H3;7-11,16-18H,6,12-15H2,1-5H3;1H4/b;10-8-,11-9+;/t14-,16-,17-,18-,19+;;/m1../s1. The highest BCUT2D eigenvalue weighted by molar-refractivity contribution is 5.88. The molecule has 320 valence electrons. The Morgan fingerprint density at radius 3 is 1.93 bits per heavy atom. The van der Waals surface area contributed by atoms with E-state index in [4.69, 9.17) is 28.4 Å². The number of ether oxygens (including phenoxy) is 6.